The van der Waals surface area contributed by atoms with E-state index in [4.69, 9.17) is 10.5 Å². The summed E-state index contributed by atoms with van der Waals surface area (Å²) in [5.41, 5.74) is 10.5. The Morgan fingerprint density at radius 1 is 0.713 bits per heavy atom. The molecule has 5 atom stereocenters. The van der Waals surface area contributed by atoms with Crippen molar-refractivity contribution >= 4 is 64.9 Å². The summed E-state index contributed by atoms with van der Waals surface area (Å²) in [5.74, 6) is -4.24. The first kappa shape index (κ1) is 69.2. The summed E-state index contributed by atoms with van der Waals surface area (Å²) in [4.78, 5) is 123. The Balaban J connectivity index is 1.13. The van der Waals surface area contributed by atoms with Crippen LogP contribution < -0.4 is 47.9 Å². The lowest BCUT2D eigenvalue weighted by molar-refractivity contribution is -0.141. The molecule has 10 N–H and O–H groups in total. The molecular weight excluding hydrogens is 1110 g/mol. The van der Waals surface area contributed by atoms with E-state index in [2.05, 4.69) is 43.3 Å². The number of carbonyl (C=O) groups is 9. The number of carboxylic acid groups (broad SMARTS) is 1. The van der Waals surface area contributed by atoms with Gasteiger partial charge in [-0.15, -0.1) is 0 Å². The number of amides is 9. The number of primary amides is 1. The van der Waals surface area contributed by atoms with Gasteiger partial charge in [-0.3, -0.25) is 28.8 Å². The number of ether oxygens (including phenoxy) is 1. The third kappa shape index (κ3) is 20.0. The minimum atomic E-state index is -1.10. The molecule has 1 unspecified atom stereocenters. The summed E-state index contributed by atoms with van der Waals surface area (Å²) in [5, 5.41) is 29.3. The first-order valence-corrected chi connectivity index (χ1v) is 29.7. The lowest BCUT2D eigenvalue weighted by atomic mass is 9.76. The zero-order valence-corrected chi connectivity index (χ0v) is 52.4. The minimum absolute atomic E-state index is 0.0961. The van der Waals surface area contributed by atoms with E-state index in [1.807, 2.05) is 115 Å². The molecule has 0 bridgehead atoms. The van der Waals surface area contributed by atoms with Gasteiger partial charge in [0.25, 0.3) is 0 Å². The van der Waals surface area contributed by atoms with E-state index in [9.17, 15) is 48.3 Å². The summed E-state index contributed by atoms with van der Waals surface area (Å²) in [6.45, 7) is 18.7. The maximum Gasteiger partial charge on any atom is 0.407 e. The summed E-state index contributed by atoms with van der Waals surface area (Å²) >= 11 is 0. The van der Waals surface area contributed by atoms with E-state index in [1.54, 1.807) is 63.2 Å². The Morgan fingerprint density at radius 3 is 1.92 bits per heavy atom. The van der Waals surface area contributed by atoms with Crippen LogP contribution in [-0.2, 0) is 76.3 Å². The molecule has 0 aromatic heterocycles. The molecule has 470 valence electrons. The summed E-state index contributed by atoms with van der Waals surface area (Å²) in [6, 6.07) is 24.6. The molecular formula is C66H90N10O11. The molecule has 21 nitrogen and oxygen atoms in total. The second-order valence-electron chi connectivity index (χ2n) is 24.6. The van der Waals surface area contributed by atoms with Crippen molar-refractivity contribution in [3.05, 3.63) is 142 Å². The lowest BCUT2D eigenvalue weighted by Gasteiger charge is -2.40. The molecule has 1 aliphatic rings. The molecule has 1 heterocycles. The number of anilines is 2. The number of likely N-dealkylation sites (N-methyl/N-ethyl adjacent to an activating group) is 2. The van der Waals surface area contributed by atoms with Crippen LogP contribution in [0.25, 0.3) is 0 Å². The molecule has 4 aromatic carbocycles. The van der Waals surface area contributed by atoms with Crippen molar-refractivity contribution in [3.8, 4) is 0 Å². The number of hydrogen-bond acceptors (Lipinski definition) is 11. The highest BCUT2D eigenvalue weighted by Gasteiger charge is 2.42. The van der Waals surface area contributed by atoms with E-state index in [-0.39, 0.29) is 68.7 Å². The molecule has 21 heteroatoms. The Bertz CT molecular complexity index is 3100. The summed E-state index contributed by atoms with van der Waals surface area (Å²) in [7, 11) is 3.29. The van der Waals surface area contributed by atoms with Crippen molar-refractivity contribution in [2.45, 2.75) is 163 Å². The van der Waals surface area contributed by atoms with E-state index in [0.717, 1.165) is 46.3 Å². The number of urea groups is 1. The summed E-state index contributed by atoms with van der Waals surface area (Å²) < 4.78 is 5.49. The third-order valence-corrected chi connectivity index (χ3v) is 15.8. The summed E-state index contributed by atoms with van der Waals surface area (Å²) in [6.07, 6.45) is 2.58. The number of carbonyl (C=O) groups excluding carboxylic acids is 8. The molecule has 9 amide bonds. The van der Waals surface area contributed by atoms with Crippen LogP contribution >= 0.6 is 0 Å². The fraction of sp³-hybridized carbons (Fsp3) is 0.470. The quantitative estimate of drug-likeness (QED) is 0.0213. The first-order valence-electron chi connectivity index (χ1n) is 29.7. The van der Waals surface area contributed by atoms with Gasteiger partial charge in [0.05, 0.1) is 18.6 Å². The Hall–Kier alpha value is -8.59. The molecule has 1 aliphatic heterocycles. The van der Waals surface area contributed by atoms with Gasteiger partial charge in [0.2, 0.25) is 35.4 Å². The van der Waals surface area contributed by atoms with Gasteiger partial charge in [-0.05, 0) is 108 Å². The number of nitrogens with two attached hydrogens (primary N) is 1. The second-order valence-corrected chi connectivity index (χ2v) is 24.6. The predicted octanol–water partition coefficient (Wildman–Crippen LogP) is 7.15. The van der Waals surface area contributed by atoms with Crippen LogP contribution in [0.2, 0.25) is 0 Å². The Morgan fingerprint density at radius 2 is 1.32 bits per heavy atom. The average molecular weight is 1200 g/mol. The van der Waals surface area contributed by atoms with Crippen molar-refractivity contribution in [1.82, 2.24) is 36.8 Å². The van der Waals surface area contributed by atoms with Gasteiger partial charge >= 0.3 is 18.1 Å². The first-order chi connectivity index (χ1) is 41.0. The maximum absolute atomic E-state index is 14.1. The molecule has 0 radical (unpaired) electrons. The molecule has 4 aromatic rings. The van der Waals surface area contributed by atoms with Crippen molar-refractivity contribution < 1.29 is 53.0 Å². The number of rotatable bonds is 27. The number of fused-ring (bicyclic) bond motifs is 2. The predicted molar refractivity (Wildman–Crippen MR) is 335 cm³/mol. The number of aliphatic carboxylic acids is 1. The van der Waals surface area contributed by atoms with E-state index < -0.39 is 88.7 Å². The van der Waals surface area contributed by atoms with Crippen molar-refractivity contribution in [3.63, 3.8) is 0 Å². The van der Waals surface area contributed by atoms with Gasteiger partial charge in [0.15, 0.2) is 0 Å². The maximum atomic E-state index is 14.1. The molecule has 0 saturated heterocycles. The number of nitrogens with one attached hydrogen (secondary N) is 7. The number of aryl methyl sites for hydroxylation is 2. The van der Waals surface area contributed by atoms with E-state index >= 15 is 0 Å². The molecule has 0 spiro atoms. The fourth-order valence-electron chi connectivity index (χ4n) is 10.5. The van der Waals surface area contributed by atoms with Crippen LogP contribution in [0, 0.1) is 17.3 Å². The van der Waals surface area contributed by atoms with Crippen LogP contribution in [0.5, 0.6) is 0 Å². The van der Waals surface area contributed by atoms with Gasteiger partial charge < -0.3 is 62.6 Å². The van der Waals surface area contributed by atoms with Crippen LogP contribution in [0.1, 0.15) is 128 Å². The van der Waals surface area contributed by atoms with Crippen LogP contribution in [0.4, 0.5) is 21.0 Å². The van der Waals surface area contributed by atoms with Crippen molar-refractivity contribution in [1.29, 1.82) is 0 Å². The van der Waals surface area contributed by atoms with Crippen molar-refractivity contribution in [2.24, 2.45) is 23.0 Å². The Labute approximate surface area is 511 Å². The minimum Gasteiger partial charge on any atom is -0.478 e. The molecule has 0 fully saturated rings. The zero-order valence-electron chi connectivity index (χ0n) is 52.4. The van der Waals surface area contributed by atoms with Crippen molar-refractivity contribution in [2.75, 3.05) is 30.9 Å². The van der Waals surface area contributed by atoms with E-state index in [1.165, 1.54) is 11.8 Å². The van der Waals surface area contributed by atoms with Crippen LogP contribution in [0.15, 0.2) is 109 Å². The average Bonchev–Trinajstić information content (AvgIpc) is 2.26. The highest BCUT2D eigenvalue weighted by Crippen LogP contribution is 2.32. The lowest BCUT2D eigenvalue weighted by Crippen LogP contribution is -2.61. The molecule has 0 aliphatic carbocycles. The SMILES string of the molecule is CNC(C(=O)N[C@H](C(=O)N(C)[C@H](/C=C(\C)C(=O)O)C(C)C)C(C)(C)C)C(C)(C)c1ccc(CNC(=O)OCc2ccc(NC(=O)[C@H](CCCNC(N)=O)NC(=O)[C@@H](NC(=O)CCC(=O)N3Cc4ccccc4CCc4ccccc43)C(C)C)cc2)cc1. The number of hydrogen-bond donors (Lipinski definition) is 9. The largest absolute Gasteiger partial charge is 0.478 e. The monoisotopic (exact) mass is 1200 g/mol. The third-order valence-electron chi connectivity index (χ3n) is 15.8. The number of carboxylic acids is 1. The fourth-order valence-corrected chi connectivity index (χ4v) is 10.5. The second kappa shape index (κ2) is 31.7. The highest BCUT2D eigenvalue weighted by atomic mass is 16.5. The van der Waals surface area contributed by atoms with Crippen LogP contribution in [0.3, 0.4) is 0 Å². The standard InChI is InChI=1S/C66H90N10O11/c1-40(2)52(36-42(5)62(83)84)75(12)61(82)57(65(6,7)8)74-60(81)56(68-11)66(9,10)48-29-23-43(24-30-48)37-70-64(86)87-39-44-25-31-49(32-26-44)71-58(79)50(21-17-35-69-63(67)85)72-59(80)55(41(3)4)73-53(77)33-34-54(78)76-38-47-20-14-13-18-45(47)27-28-46-19-15-16-22-51(46)76/h13-16,18-20,22-26,29-32,36,40-41,50,52,55-57,68H,17,21,27-28,33-35,37-39H2,1-12H3,(H,70,86)(H,71,79)(H,72,80)(H,73,77)(H,74,81)(H,83,84)(H3,67,69,85)/b42-36+/t50-,52+,55-,56?,57+/m0/s1. The number of para-hydroxylation sites is 1. The van der Waals surface area contributed by atoms with E-state index in [0.29, 0.717) is 17.8 Å². The van der Waals surface area contributed by atoms with Gasteiger partial charge in [0.1, 0.15) is 24.7 Å². The zero-order chi connectivity index (χ0) is 64.3. The smallest absolute Gasteiger partial charge is 0.407 e. The highest BCUT2D eigenvalue weighted by molar-refractivity contribution is 5.99. The molecule has 87 heavy (non-hydrogen) atoms. The van der Waals surface area contributed by atoms with Gasteiger partial charge in [0, 0.05) is 55.3 Å². The van der Waals surface area contributed by atoms with Gasteiger partial charge in [-0.2, -0.15) is 0 Å². The Kier molecular flexibility index (Phi) is 25.2. The van der Waals surface area contributed by atoms with Gasteiger partial charge in [-0.25, -0.2) is 14.4 Å². The normalized spacial score (nSPS) is 14.3. The topological polar surface area (TPSA) is 300 Å². The van der Waals surface area contributed by atoms with Crippen LogP contribution in [-0.4, -0.2) is 114 Å². The number of nitrogens with zero attached hydrogens (tertiary/aromatic N) is 2. The molecule has 0 saturated carbocycles. The molecule has 5 rings (SSSR count). The number of benzene rings is 4. The number of alkyl carbamates (subject to hydrolysis) is 1. The van der Waals surface area contributed by atoms with Gasteiger partial charge in [-0.1, -0.05) is 147 Å².